The molecule has 8 heteroatoms. The normalized spacial score (nSPS) is 14.8. The first-order valence-corrected chi connectivity index (χ1v) is 14.4. The van der Waals surface area contributed by atoms with E-state index in [-0.39, 0.29) is 0 Å². The number of carbonyl (C=O) groups excluding carboxylic acids is 2. The highest BCUT2D eigenvalue weighted by Gasteiger charge is 2.39. The van der Waals surface area contributed by atoms with Crippen LogP contribution in [0.4, 0.5) is 0 Å². The van der Waals surface area contributed by atoms with Gasteiger partial charge >= 0.3 is 11.9 Å². The van der Waals surface area contributed by atoms with E-state index in [4.69, 9.17) is 9.47 Å². The van der Waals surface area contributed by atoms with Crippen molar-refractivity contribution in [2.45, 2.75) is 26.1 Å². The Bertz CT molecular complexity index is 1640. The van der Waals surface area contributed by atoms with Crippen LogP contribution in [0.1, 0.15) is 48.3 Å². The minimum absolute atomic E-state index is 0.556. The summed E-state index contributed by atoms with van der Waals surface area (Å²) in [5.74, 6) is -1.42. The van der Waals surface area contributed by atoms with Crippen LogP contribution >= 0.6 is 0 Å². The largest absolute Gasteiger partial charge is 0.452 e. The molecular weight excluding hydrogens is 560 g/mol. The molecule has 2 unspecified atom stereocenters. The van der Waals surface area contributed by atoms with Crippen LogP contribution in [0.5, 0.6) is 0 Å². The molecule has 4 N–H and O–H groups in total. The first kappa shape index (κ1) is 31.1. The Morgan fingerprint density at radius 2 is 1.20 bits per heavy atom. The van der Waals surface area contributed by atoms with E-state index in [1.807, 2.05) is 97.1 Å². The highest BCUT2D eigenvalue weighted by Crippen LogP contribution is 2.47. The van der Waals surface area contributed by atoms with Gasteiger partial charge in [0.05, 0.1) is 26.4 Å². The Kier molecular flexibility index (Phi) is 8.99. The van der Waals surface area contributed by atoms with Gasteiger partial charge in [-0.05, 0) is 59.4 Å². The molecule has 0 heterocycles. The SMILES string of the molecule is CC(CO)(CO)C(=O)OC(c1ccccc1)c1cccc(-c2ccc3c(c2)C(OC(=O)C(C)(CO)CO)c2ccccc2-3)c1. The summed E-state index contributed by atoms with van der Waals surface area (Å²) in [5.41, 5.74) is 3.59. The maximum atomic E-state index is 13.1. The summed E-state index contributed by atoms with van der Waals surface area (Å²) in [4.78, 5) is 26.2. The number of aliphatic hydroxyl groups is 4. The van der Waals surface area contributed by atoms with Gasteiger partial charge in [-0.15, -0.1) is 0 Å². The summed E-state index contributed by atoms with van der Waals surface area (Å²) >= 11 is 0. The zero-order chi connectivity index (χ0) is 31.5. The van der Waals surface area contributed by atoms with Crippen LogP contribution < -0.4 is 0 Å². The number of carbonyl (C=O) groups is 2. The monoisotopic (exact) mass is 596 g/mol. The Hall–Kier alpha value is -4.34. The molecule has 44 heavy (non-hydrogen) atoms. The van der Waals surface area contributed by atoms with Gasteiger partial charge in [0.2, 0.25) is 0 Å². The molecule has 4 aromatic rings. The van der Waals surface area contributed by atoms with Crippen LogP contribution in [-0.4, -0.2) is 58.8 Å². The van der Waals surface area contributed by atoms with Crippen molar-refractivity contribution in [2.75, 3.05) is 26.4 Å². The van der Waals surface area contributed by atoms with Gasteiger partial charge in [-0.2, -0.15) is 0 Å². The lowest BCUT2D eigenvalue weighted by molar-refractivity contribution is -0.165. The molecule has 1 aliphatic carbocycles. The van der Waals surface area contributed by atoms with Gasteiger partial charge in [0.15, 0.2) is 12.2 Å². The summed E-state index contributed by atoms with van der Waals surface area (Å²) in [6, 6.07) is 30.3. The lowest BCUT2D eigenvalue weighted by Gasteiger charge is -2.27. The second kappa shape index (κ2) is 12.7. The second-order valence-corrected chi connectivity index (χ2v) is 11.7. The number of ether oxygens (including phenoxy) is 2. The molecule has 228 valence electrons. The fourth-order valence-electron chi connectivity index (χ4n) is 5.16. The van der Waals surface area contributed by atoms with Crippen molar-refractivity contribution in [1.29, 1.82) is 0 Å². The third kappa shape index (κ3) is 5.77. The van der Waals surface area contributed by atoms with Crippen molar-refractivity contribution in [2.24, 2.45) is 10.8 Å². The van der Waals surface area contributed by atoms with Gasteiger partial charge < -0.3 is 29.9 Å². The van der Waals surface area contributed by atoms with Gasteiger partial charge in [-0.3, -0.25) is 9.59 Å². The van der Waals surface area contributed by atoms with E-state index in [1.165, 1.54) is 13.8 Å². The van der Waals surface area contributed by atoms with E-state index < -0.39 is 61.4 Å². The molecule has 0 aromatic heterocycles. The van der Waals surface area contributed by atoms with Crippen LogP contribution in [0.25, 0.3) is 22.3 Å². The van der Waals surface area contributed by atoms with Crippen LogP contribution in [0.3, 0.4) is 0 Å². The highest BCUT2D eigenvalue weighted by molar-refractivity contribution is 5.84. The van der Waals surface area contributed by atoms with E-state index in [9.17, 15) is 30.0 Å². The van der Waals surface area contributed by atoms with Crippen molar-refractivity contribution in [3.8, 4) is 22.3 Å². The number of fused-ring (bicyclic) bond motifs is 3. The number of esters is 2. The smallest absolute Gasteiger partial charge is 0.317 e. The summed E-state index contributed by atoms with van der Waals surface area (Å²) in [5, 5.41) is 39.1. The molecule has 0 fully saturated rings. The van der Waals surface area contributed by atoms with Crippen molar-refractivity contribution in [3.05, 3.63) is 119 Å². The maximum absolute atomic E-state index is 13.1. The first-order valence-electron chi connectivity index (χ1n) is 14.4. The molecule has 0 radical (unpaired) electrons. The Morgan fingerprint density at radius 3 is 1.89 bits per heavy atom. The van der Waals surface area contributed by atoms with E-state index >= 15 is 0 Å². The molecule has 0 spiro atoms. The predicted octanol–water partition coefficient (Wildman–Crippen LogP) is 4.58. The Labute approximate surface area is 256 Å². The standard InChI is InChI=1S/C36H36O8/c1-35(19-37,20-38)33(41)43-31(23-9-4-3-5-10-23)26-12-8-11-24(17-26)25-15-16-28-27-13-6-7-14-29(27)32(30(28)18-25)44-34(42)36(2,21-39)22-40/h3-18,31-32,37-40H,19-22H2,1-2H3. The minimum Gasteiger partial charge on any atom is -0.452 e. The van der Waals surface area contributed by atoms with E-state index in [0.29, 0.717) is 5.56 Å². The molecule has 0 aliphatic heterocycles. The molecular formula is C36H36O8. The molecule has 5 rings (SSSR count). The Morgan fingerprint density at radius 1 is 0.636 bits per heavy atom. The van der Waals surface area contributed by atoms with Crippen molar-refractivity contribution >= 4 is 11.9 Å². The summed E-state index contributed by atoms with van der Waals surface area (Å²) in [7, 11) is 0. The summed E-state index contributed by atoms with van der Waals surface area (Å²) in [6.45, 7) is 0.659. The van der Waals surface area contributed by atoms with Gasteiger partial charge in [-0.1, -0.05) is 84.9 Å². The number of benzene rings is 4. The van der Waals surface area contributed by atoms with Gasteiger partial charge in [-0.25, -0.2) is 0 Å². The average molecular weight is 597 g/mol. The molecule has 4 aromatic carbocycles. The fraction of sp³-hybridized carbons (Fsp3) is 0.278. The van der Waals surface area contributed by atoms with Crippen LogP contribution in [0.15, 0.2) is 97.1 Å². The average Bonchev–Trinajstić information content (AvgIpc) is 3.39. The number of aliphatic hydroxyl groups excluding tert-OH is 4. The third-order valence-electron chi connectivity index (χ3n) is 8.32. The molecule has 2 atom stereocenters. The molecule has 0 saturated carbocycles. The van der Waals surface area contributed by atoms with Crippen molar-refractivity contribution in [3.63, 3.8) is 0 Å². The Balaban J connectivity index is 1.54. The molecule has 1 aliphatic rings. The number of rotatable bonds is 11. The van der Waals surface area contributed by atoms with E-state index in [2.05, 4.69) is 0 Å². The third-order valence-corrected chi connectivity index (χ3v) is 8.32. The zero-order valence-electron chi connectivity index (χ0n) is 24.6. The van der Waals surface area contributed by atoms with Gasteiger partial charge in [0.25, 0.3) is 0 Å². The zero-order valence-corrected chi connectivity index (χ0v) is 24.6. The van der Waals surface area contributed by atoms with Crippen molar-refractivity contribution < 1.29 is 39.5 Å². The lowest BCUT2D eigenvalue weighted by Crippen LogP contribution is -2.37. The molecule has 8 nitrogen and oxygen atoms in total. The quantitative estimate of drug-likeness (QED) is 0.185. The van der Waals surface area contributed by atoms with Gasteiger partial charge in [0, 0.05) is 11.1 Å². The lowest BCUT2D eigenvalue weighted by atomic mass is 9.92. The molecule has 0 bridgehead atoms. The number of hydrogen-bond acceptors (Lipinski definition) is 8. The van der Waals surface area contributed by atoms with Crippen LogP contribution in [0, 0.1) is 10.8 Å². The van der Waals surface area contributed by atoms with Crippen LogP contribution in [-0.2, 0) is 19.1 Å². The molecule has 0 saturated heterocycles. The second-order valence-electron chi connectivity index (χ2n) is 11.7. The number of hydrogen-bond donors (Lipinski definition) is 4. The predicted molar refractivity (Wildman–Crippen MR) is 164 cm³/mol. The highest BCUT2D eigenvalue weighted by atomic mass is 16.6. The van der Waals surface area contributed by atoms with Crippen LogP contribution in [0.2, 0.25) is 0 Å². The first-order chi connectivity index (χ1) is 21.2. The van der Waals surface area contributed by atoms with E-state index in [0.717, 1.165) is 38.9 Å². The van der Waals surface area contributed by atoms with Gasteiger partial charge in [0.1, 0.15) is 10.8 Å². The summed E-state index contributed by atoms with van der Waals surface area (Å²) in [6.07, 6.45) is -1.54. The summed E-state index contributed by atoms with van der Waals surface area (Å²) < 4.78 is 11.9. The molecule has 0 amide bonds. The van der Waals surface area contributed by atoms with E-state index in [1.54, 1.807) is 0 Å². The fourth-order valence-corrected chi connectivity index (χ4v) is 5.16. The minimum atomic E-state index is -1.46. The van der Waals surface area contributed by atoms with Crippen molar-refractivity contribution in [1.82, 2.24) is 0 Å². The topological polar surface area (TPSA) is 134 Å². The maximum Gasteiger partial charge on any atom is 0.317 e.